The summed E-state index contributed by atoms with van der Waals surface area (Å²) in [7, 11) is 0. The molecule has 0 radical (unpaired) electrons. The predicted molar refractivity (Wildman–Crippen MR) is 130 cm³/mol. The van der Waals surface area contributed by atoms with Crippen LogP contribution in [0.1, 0.15) is 50.2 Å². The normalized spacial score (nSPS) is 17.3. The molecule has 1 atom stereocenters. The maximum atomic E-state index is 13.5. The fourth-order valence-corrected chi connectivity index (χ4v) is 4.85. The molecule has 0 aliphatic carbocycles. The van der Waals surface area contributed by atoms with Crippen LogP contribution in [0, 0.1) is 6.92 Å². The first kappa shape index (κ1) is 21.9. The zero-order valence-corrected chi connectivity index (χ0v) is 19.2. The number of carbonyl (C=O) groups is 3. The third-order valence-corrected chi connectivity index (χ3v) is 6.72. The van der Waals surface area contributed by atoms with Crippen molar-refractivity contribution >= 4 is 23.4 Å². The third kappa shape index (κ3) is 4.07. The number of hydrogen-bond acceptors (Lipinski definition) is 3. The smallest absolute Gasteiger partial charge is 0.256 e. The maximum absolute atomic E-state index is 13.5. The van der Waals surface area contributed by atoms with Gasteiger partial charge in [0.2, 0.25) is 5.91 Å². The first-order chi connectivity index (χ1) is 16.5. The van der Waals surface area contributed by atoms with Gasteiger partial charge < -0.3 is 15.1 Å². The van der Waals surface area contributed by atoms with Gasteiger partial charge in [0.15, 0.2) is 0 Å². The fourth-order valence-electron chi connectivity index (χ4n) is 4.85. The Balaban J connectivity index is 1.39. The van der Waals surface area contributed by atoms with Crippen LogP contribution in [0.25, 0.3) is 0 Å². The number of hydrogen-bond donors (Lipinski definition) is 1. The van der Waals surface area contributed by atoms with Gasteiger partial charge in [-0.15, -0.1) is 0 Å². The molecule has 3 aromatic rings. The molecule has 0 unspecified atom stereocenters. The average Bonchev–Trinajstić information content (AvgIpc) is 3.33. The molecule has 1 N–H and O–H groups in total. The summed E-state index contributed by atoms with van der Waals surface area (Å²) in [6, 6.07) is 22.2. The lowest BCUT2D eigenvalue weighted by Gasteiger charge is -2.26. The second-order valence-electron chi connectivity index (χ2n) is 8.91. The van der Waals surface area contributed by atoms with Crippen LogP contribution in [0.2, 0.25) is 0 Å². The van der Waals surface area contributed by atoms with Gasteiger partial charge in [0.1, 0.15) is 6.04 Å². The summed E-state index contributed by atoms with van der Waals surface area (Å²) < 4.78 is 0. The van der Waals surface area contributed by atoms with Crippen molar-refractivity contribution in [3.05, 3.63) is 101 Å². The van der Waals surface area contributed by atoms with Crippen LogP contribution in [0.4, 0.5) is 5.69 Å². The van der Waals surface area contributed by atoms with E-state index in [0.29, 0.717) is 42.9 Å². The van der Waals surface area contributed by atoms with E-state index in [0.717, 1.165) is 23.1 Å². The van der Waals surface area contributed by atoms with E-state index in [4.69, 9.17) is 0 Å². The number of amides is 3. The number of para-hydroxylation sites is 1. The van der Waals surface area contributed by atoms with Gasteiger partial charge in [-0.25, -0.2) is 0 Å². The van der Waals surface area contributed by atoms with E-state index in [9.17, 15) is 14.4 Å². The Hall–Kier alpha value is -3.93. The molecule has 3 aromatic carbocycles. The molecule has 0 bridgehead atoms. The van der Waals surface area contributed by atoms with Crippen LogP contribution in [-0.4, -0.2) is 35.2 Å². The SMILES string of the molecule is Cc1ccccc1CNC(=O)c1cccc(CN2C(=O)[C@H]3CCCN3C(=O)c3ccccc32)c1. The summed E-state index contributed by atoms with van der Waals surface area (Å²) in [6.45, 7) is 3.38. The van der Waals surface area contributed by atoms with Crippen LogP contribution < -0.4 is 10.2 Å². The predicted octanol–water partition coefficient (Wildman–Crippen LogP) is 4.08. The number of benzene rings is 3. The monoisotopic (exact) mass is 453 g/mol. The minimum atomic E-state index is -0.430. The quantitative estimate of drug-likeness (QED) is 0.633. The highest BCUT2D eigenvalue weighted by Gasteiger charge is 2.41. The zero-order valence-electron chi connectivity index (χ0n) is 19.2. The molecule has 1 fully saturated rings. The largest absolute Gasteiger partial charge is 0.348 e. The van der Waals surface area contributed by atoms with Gasteiger partial charge in [0.25, 0.3) is 11.8 Å². The van der Waals surface area contributed by atoms with Gasteiger partial charge >= 0.3 is 0 Å². The lowest BCUT2D eigenvalue weighted by Crippen LogP contribution is -2.44. The van der Waals surface area contributed by atoms with Crippen molar-refractivity contribution < 1.29 is 14.4 Å². The van der Waals surface area contributed by atoms with E-state index in [-0.39, 0.29) is 17.7 Å². The number of nitrogens with one attached hydrogen (secondary N) is 1. The summed E-state index contributed by atoms with van der Waals surface area (Å²) in [5, 5.41) is 2.99. The molecule has 2 aliphatic heterocycles. The van der Waals surface area contributed by atoms with Crippen molar-refractivity contribution in [2.75, 3.05) is 11.4 Å². The number of rotatable bonds is 5. The summed E-state index contributed by atoms with van der Waals surface area (Å²) in [4.78, 5) is 42.9. The van der Waals surface area contributed by atoms with E-state index >= 15 is 0 Å². The van der Waals surface area contributed by atoms with Crippen molar-refractivity contribution in [3.63, 3.8) is 0 Å². The molecule has 6 nitrogen and oxygen atoms in total. The van der Waals surface area contributed by atoms with Gasteiger partial charge in [0, 0.05) is 18.7 Å². The minimum Gasteiger partial charge on any atom is -0.348 e. The second-order valence-corrected chi connectivity index (χ2v) is 8.91. The lowest BCUT2D eigenvalue weighted by atomic mass is 10.1. The summed E-state index contributed by atoms with van der Waals surface area (Å²) >= 11 is 0. The van der Waals surface area contributed by atoms with Crippen molar-refractivity contribution in [2.45, 2.75) is 38.9 Å². The lowest BCUT2D eigenvalue weighted by molar-refractivity contribution is -0.122. The molecule has 6 heteroatoms. The van der Waals surface area contributed by atoms with Gasteiger partial charge in [-0.3, -0.25) is 14.4 Å². The highest BCUT2D eigenvalue weighted by atomic mass is 16.2. The zero-order chi connectivity index (χ0) is 23.7. The van der Waals surface area contributed by atoms with Gasteiger partial charge in [0.05, 0.1) is 17.8 Å². The molecule has 172 valence electrons. The average molecular weight is 454 g/mol. The van der Waals surface area contributed by atoms with Crippen molar-refractivity contribution in [2.24, 2.45) is 0 Å². The van der Waals surface area contributed by atoms with Gasteiger partial charge in [-0.2, -0.15) is 0 Å². The van der Waals surface area contributed by atoms with E-state index in [1.165, 1.54) is 0 Å². The number of fused-ring (bicyclic) bond motifs is 2. The van der Waals surface area contributed by atoms with Crippen molar-refractivity contribution in [1.29, 1.82) is 0 Å². The second kappa shape index (κ2) is 9.14. The Morgan fingerprint density at radius 1 is 1.00 bits per heavy atom. The van der Waals surface area contributed by atoms with E-state index < -0.39 is 6.04 Å². The summed E-state index contributed by atoms with van der Waals surface area (Å²) in [5.41, 5.74) is 4.76. The summed E-state index contributed by atoms with van der Waals surface area (Å²) in [5.74, 6) is -0.312. The van der Waals surface area contributed by atoms with Gasteiger partial charge in [-0.1, -0.05) is 48.5 Å². The standard InChI is InChI=1S/C28H27N3O3/c1-19-8-2-3-10-22(19)17-29-26(32)21-11-6-9-20(16-21)18-31-24-13-5-4-12-23(24)27(33)30-15-7-14-25(30)28(31)34/h2-6,8-13,16,25H,7,14-15,17-18H2,1H3,(H,29,32)/t25-/m1/s1. The van der Waals surface area contributed by atoms with E-state index in [1.54, 1.807) is 21.9 Å². The van der Waals surface area contributed by atoms with Crippen LogP contribution in [0.5, 0.6) is 0 Å². The van der Waals surface area contributed by atoms with Crippen LogP contribution >= 0.6 is 0 Å². The highest BCUT2D eigenvalue weighted by Crippen LogP contribution is 2.33. The number of anilines is 1. The fraction of sp³-hybridized carbons (Fsp3) is 0.250. The maximum Gasteiger partial charge on any atom is 0.256 e. The molecule has 5 rings (SSSR count). The molecule has 0 spiro atoms. The molecule has 0 aromatic heterocycles. The van der Waals surface area contributed by atoms with Crippen molar-refractivity contribution in [3.8, 4) is 0 Å². The molecular weight excluding hydrogens is 426 g/mol. The van der Waals surface area contributed by atoms with Crippen molar-refractivity contribution in [1.82, 2.24) is 10.2 Å². The highest BCUT2D eigenvalue weighted by molar-refractivity contribution is 6.11. The number of aryl methyl sites for hydroxylation is 1. The van der Waals surface area contributed by atoms with E-state index in [2.05, 4.69) is 5.32 Å². The Labute approximate surface area is 199 Å². The molecular formula is C28H27N3O3. The first-order valence-electron chi connectivity index (χ1n) is 11.7. The van der Waals surface area contributed by atoms with E-state index in [1.807, 2.05) is 67.6 Å². The molecule has 2 aliphatic rings. The number of nitrogens with zero attached hydrogens (tertiary/aromatic N) is 2. The molecule has 1 saturated heterocycles. The Morgan fingerprint density at radius 2 is 1.79 bits per heavy atom. The molecule has 0 saturated carbocycles. The first-order valence-corrected chi connectivity index (χ1v) is 11.7. The molecule has 34 heavy (non-hydrogen) atoms. The Morgan fingerprint density at radius 3 is 2.65 bits per heavy atom. The van der Waals surface area contributed by atoms with Crippen LogP contribution in [-0.2, 0) is 17.9 Å². The topological polar surface area (TPSA) is 69.7 Å². The number of carbonyl (C=O) groups excluding carboxylic acids is 3. The van der Waals surface area contributed by atoms with Gasteiger partial charge in [-0.05, 0) is 60.7 Å². The third-order valence-electron chi connectivity index (χ3n) is 6.72. The minimum absolute atomic E-state index is 0.0646. The van der Waals surface area contributed by atoms with Crippen LogP contribution in [0.3, 0.4) is 0 Å². The summed E-state index contributed by atoms with van der Waals surface area (Å²) in [6.07, 6.45) is 1.51. The van der Waals surface area contributed by atoms with Crippen LogP contribution in [0.15, 0.2) is 72.8 Å². The Kier molecular flexibility index (Phi) is 5.88. The molecule has 3 amide bonds. The Bertz CT molecular complexity index is 1270. The molecule has 2 heterocycles.